The van der Waals surface area contributed by atoms with Crippen molar-refractivity contribution in [2.45, 2.75) is 20.8 Å². The lowest BCUT2D eigenvalue weighted by Crippen LogP contribution is -2.13. The molecule has 0 saturated heterocycles. The molecule has 2 aromatic carbocycles. The summed E-state index contributed by atoms with van der Waals surface area (Å²) in [7, 11) is 0. The first-order valence-electron chi connectivity index (χ1n) is 8.83. The van der Waals surface area contributed by atoms with Gasteiger partial charge < -0.3 is 9.88 Å². The van der Waals surface area contributed by atoms with Gasteiger partial charge in [-0.3, -0.25) is 4.79 Å². The van der Waals surface area contributed by atoms with Crippen LogP contribution < -0.4 is 5.32 Å². The molecular weight excluding hydrogens is 370 g/mol. The number of halogens is 1. The maximum atomic E-state index is 12.5. The minimum atomic E-state index is -0.426. The lowest BCUT2D eigenvalue weighted by Gasteiger charge is -2.09. The average molecular weight is 390 g/mol. The first kappa shape index (κ1) is 19.5. The van der Waals surface area contributed by atoms with Crippen molar-refractivity contribution in [2.24, 2.45) is 0 Å². The van der Waals surface area contributed by atoms with E-state index in [2.05, 4.69) is 9.88 Å². The third-order valence-electron chi connectivity index (χ3n) is 4.50. The second-order valence-electron chi connectivity index (χ2n) is 6.63. The van der Waals surface area contributed by atoms with E-state index in [0.717, 1.165) is 28.2 Å². The fourth-order valence-electron chi connectivity index (χ4n) is 3.15. The summed E-state index contributed by atoms with van der Waals surface area (Å²) in [5.74, 6) is -0.426. The molecule has 0 bridgehead atoms. The van der Waals surface area contributed by atoms with Gasteiger partial charge in [0.1, 0.15) is 11.6 Å². The summed E-state index contributed by atoms with van der Waals surface area (Å²) in [5.41, 5.74) is 5.49. The Hall–Kier alpha value is -3.29. The first-order chi connectivity index (χ1) is 13.4. The van der Waals surface area contributed by atoms with Gasteiger partial charge in [-0.05, 0) is 80.4 Å². The van der Waals surface area contributed by atoms with Crippen LogP contribution in [-0.2, 0) is 4.79 Å². The number of hydrogen-bond donors (Lipinski definition) is 1. The van der Waals surface area contributed by atoms with Crippen molar-refractivity contribution in [1.29, 1.82) is 5.26 Å². The monoisotopic (exact) mass is 389 g/mol. The number of nitrogens with one attached hydrogen (secondary N) is 1. The Balaban J connectivity index is 1.93. The normalized spacial score (nSPS) is 11.2. The van der Waals surface area contributed by atoms with Gasteiger partial charge in [0, 0.05) is 27.8 Å². The van der Waals surface area contributed by atoms with Crippen LogP contribution in [0.1, 0.15) is 22.5 Å². The lowest BCUT2D eigenvalue weighted by molar-refractivity contribution is -0.112. The Kier molecular flexibility index (Phi) is 5.67. The maximum absolute atomic E-state index is 12.5. The Morgan fingerprint density at radius 2 is 1.82 bits per heavy atom. The van der Waals surface area contributed by atoms with E-state index in [1.165, 1.54) is 0 Å². The Bertz CT molecular complexity index is 1100. The molecule has 0 aliphatic rings. The van der Waals surface area contributed by atoms with Crippen molar-refractivity contribution in [2.75, 3.05) is 5.32 Å². The number of benzene rings is 2. The predicted molar refractivity (Wildman–Crippen MR) is 114 cm³/mol. The smallest absolute Gasteiger partial charge is 0.266 e. The van der Waals surface area contributed by atoms with Gasteiger partial charge >= 0.3 is 0 Å². The van der Waals surface area contributed by atoms with Crippen LogP contribution in [0.15, 0.2) is 60.2 Å². The highest BCUT2D eigenvalue weighted by atomic mass is 35.5. The van der Waals surface area contributed by atoms with Crippen molar-refractivity contribution in [3.8, 4) is 11.8 Å². The number of rotatable bonds is 4. The summed E-state index contributed by atoms with van der Waals surface area (Å²) in [6.45, 7) is 5.89. The number of aromatic nitrogens is 1. The van der Waals surface area contributed by atoms with Crippen LogP contribution in [-0.4, -0.2) is 10.5 Å². The highest BCUT2D eigenvalue weighted by Gasteiger charge is 2.14. The molecule has 0 fully saturated rings. The van der Waals surface area contributed by atoms with E-state index < -0.39 is 5.91 Å². The summed E-state index contributed by atoms with van der Waals surface area (Å²) in [5, 5.41) is 13.0. The highest BCUT2D eigenvalue weighted by Crippen LogP contribution is 2.24. The minimum absolute atomic E-state index is 0.0536. The van der Waals surface area contributed by atoms with E-state index in [4.69, 9.17) is 11.6 Å². The molecule has 0 saturated carbocycles. The van der Waals surface area contributed by atoms with Crippen molar-refractivity contribution in [3.05, 3.63) is 87.7 Å². The zero-order chi connectivity index (χ0) is 20.3. The Labute approximate surface area is 169 Å². The standard InChI is InChI=1S/C23H20ClN3O/c1-15-5-4-6-21(11-15)26-23(28)19(14-25)13-18-12-16(2)27(17(18)3)22-9-7-20(24)8-10-22/h4-13H,1-3H3,(H,26,28). The SMILES string of the molecule is Cc1cccc(NC(=O)C(C#N)=Cc2cc(C)n(-c3ccc(Cl)cc3)c2C)c1. The molecule has 0 aliphatic heterocycles. The van der Waals surface area contributed by atoms with Gasteiger partial charge in [0.25, 0.3) is 5.91 Å². The molecule has 28 heavy (non-hydrogen) atoms. The van der Waals surface area contributed by atoms with E-state index in [9.17, 15) is 10.1 Å². The number of aryl methyl sites for hydroxylation is 2. The lowest BCUT2D eigenvalue weighted by atomic mass is 10.1. The van der Waals surface area contributed by atoms with Crippen LogP contribution in [0.25, 0.3) is 11.8 Å². The number of amides is 1. The van der Waals surface area contributed by atoms with E-state index in [0.29, 0.717) is 10.7 Å². The van der Waals surface area contributed by atoms with Crippen molar-refractivity contribution >= 4 is 29.3 Å². The molecule has 5 heteroatoms. The number of anilines is 1. The van der Waals surface area contributed by atoms with Crippen LogP contribution in [0.3, 0.4) is 0 Å². The number of nitrogens with zero attached hydrogens (tertiary/aromatic N) is 2. The van der Waals surface area contributed by atoms with Crippen molar-refractivity contribution in [1.82, 2.24) is 4.57 Å². The molecule has 3 aromatic rings. The molecule has 0 aliphatic carbocycles. The summed E-state index contributed by atoms with van der Waals surface area (Å²) in [4.78, 5) is 12.5. The molecule has 1 N–H and O–H groups in total. The fourth-order valence-corrected chi connectivity index (χ4v) is 3.27. The molecule has 3 rings (SSSR count). The zero-order valence-corrected chi connectivity index (χ0v) is 16.7. The second kappa shape index (κ2) is 8.16. The maximum Gasteiger partial charge on any atom is 0.266 e. The van der Waals surface area contributed by atoms with Gasteiger partial charge in [0.2, 0.25) is 0 Å². The van der Waals surface area contributed by atoms with Gasteiger partial charge in [-0.1, -0.05) is 23.7 Å². The highest BCUT2D eigenvalue weighted by molar-refractivity contribution is 6.30. The van der Waals surface area contributed by atoms with Gasteiger partial charge in [-0.15, -0.1) is 0 Å². The molecule has 140 valence electrons. The molecule has 1 amide bonds. The molecule has 1 heterocycles. The number of carbonyl (C=O) groups is 1. The number of hydrogen-bond acceptors (Lipinski definition) is 2. The van der Waals surface area contributed by atoms with Gasteiger partial charge in [0.05, 0.1) is 0 Å². The van der Waals surface area contributed by atoms with E-state index >= 15 is 0 Å². The quantitative estimate of drug-likeness (QED) is 0.466. The fraction of sp³-hybridized carbons (Fsp3) is 0.130. The number of carbonyl (C=O) groups excluding carboxylic acids is 1. The van der Waals surface area contributed by atoms with Crippen LogP contribution in [0, 0.1) is 32.1 Å². The predicted octanol–water partition coefficient (Wildman–Crippen LogP) is 5.60. The van der Waals surface area contributed by atoms with E-state index in [1.54, 1.807) is 12.1 Å². The molecule has 0 spiro atoms. The van der Waals surface area contributed by atoms with E-state index in [-0.39, 0.29) is 5.57 Å². The minimum Gasteiger partial charge on any atom is -0.321 e. The average Bonchev–Trinajstić information content (AvgIpc) is 2.94. The van der Waals surface area contributed by atoms with Crippen molar-refractivity contribution < 1.29 is 4.79 Å². The largest absolute Gasteiger partial charge is 0.321 e. The Morgan fingerprint density at radius 1 is 1.11 bits per heavy atom. The third kappa shape index (κ3) is 4.16. The Morgan fingerprint density at radius 3 is 2.46 bits per heavy atom. The molecular formula is C23H20ClN3O. The van der Waals surface area contributed by atoms with Gasteiger partial charge in [0.15, 0.2) is 0 Å². The molecule has 0 atom stereocenters. The van der Waals surface area contributed by atoms with Crippen LogP contribution >= 0.6 is 11.6 Å². The van der Waals surface area contributed by atoms with Crippen LogP contribution in [0.5, 0.6) is 0 Å². The first-order valence-corrected chi connectivity index (χ1v) is 9.21. The second-order valence-corrected chi connectivity index (χ2v) is 7.07. The summed E-state index contributed by atoms with van der Waals surface area (Å²) < 4.78 is 2.07. The van der Waals surface area contributed by atoms with E-state index in [1.807, 2.05) is 75.4 Å². The summed E-state index contributed by atoms with van der Waals surface area (Å²) in [6.07, 6.45) is 1.62. The molecule has 1 aromatic heterocycles. The van der Waals surface area contributed by atoms with Gasteiger partial charge in [-0.25, -0.2) is 0 Å². The van der Waals surface area contributed by atoms with Crippen LogP contribution in [0.4, 0.5) is 5.69 Å². The van der Waals surface area contributed by atoms with Crippen LogP contribution in [0.2, 0.25) is 5.02 Å². The van der Waals surface area contributed by atoms with Gasteiger partial charge in [-0.2, -0.15) is 5.26 Å². The summed E-state index contributed by atoms with van der Waals surface area (Å²) in [6, 6.07) is 19.0. The zero-order valence-electron chi connectivity index (χ0n) is 16.0. The molecule has 0 unspecified atom stereocenters. The molecule has 4 nitrogen and oxygen atoms in total. The summed E-state index contributed by atoms with van der Waals surface area (Å²) >= 11 is 5.98. The third-order valence-corrected chi connectivity index (χ3v) is 4.75. The molecule has 0 radical (unpaired) electrons. The van der Waals surface area contributed by atoms with Crippen molar-refractivity contribution in [3.63, 3.8) is 0 Å². The topological polar surface area (TPSA) is 57.8 Å². The number of nitriles is 1.